The monoisotopic (exact) mass is 236 g/mol. The summed E-state index contributed by atoms with van der Waals surface area (Å²) in [6.45, 7) is 11.1. The molecule has 3 rings (SSSR count). The van der Waals surface area contributed by atoms with Gasteiger partial charge in [0, 0.05) is 6.42 Å². The molecule has 1 aliphatic carbocycles. The quantitative estimate of drug-likeness (QED) is 0.655. The van der Waals surface area contributed by atoms with Crippen LogP contribution in [0.5, 0.6) is 0 Å². The molecular formula is C15H24O2. The molecule has 1 saturated carbocycles. The third-order valence-electron chi connectivity index (χ3n) is 5.63. The molecule has 2 heteroatoms. The second-order valence-electron chi connectivity index (χ2n) is 7.19. The van der Waals surface area contributed by atoms with Crippen LogP contribution < -0.4 is 0 Å². The first-order chi connectivity index (χ1) is 7.83. The Balaban J connectivity index is 1.89. The number of fused-ring (bicyclic) bond motifs is 3. The van der Waals surface area contributed by atoms with Crippen molar-refractivity contribution in [3.8, 4) is 0 Å². The Labute approximate surface area is 104 Å². The number of hydrogen-bond donors (Lipinski definition) is 1. The lowest BCUT2D eigenvalue weighted by Crippen LogP contribution is -2.49. The van der Waals surface area contributed by atoms with Crippen molar-refractivity contribution in [2.75, 3.05) is 0 Å². The van der Waals surface area contributed by atoms with Gasteiger partial charge in [0.1, 0.15) is 0 Å². The fraction of sp³-hybridized carbons (Fsp3) is 0.867. The summed E-state index contributed by atoms with van der Waals surface area (Å²) >= 11 is 0. The average molecular weight is 236 g/mol. The summed E-state index contributed by atoms with van der Waals surface area (Å²) < 4.78 is 6.09. The SMILES string of the molecule is C=C1[C@@H]2C[C@@H](O)[C@@](C)(CC[C@@H]3[C@@H]1CC3(C)C)O2. The standard InChI is InChI=1S/C15H24O2/c1-9-10-8-14(2,3)11(10)5-6-15(4)13(16)7-12(9)17-15/h10-13,16H,1,5-8H2,2-4H3/t10-,11-,12+,13-,15-/m1/s1. The molecule has 0 aromatic heterocycles. The molecule has 96 valence electrons. The fourth-order valence-corrected chi connectivity index (χ4v) is 4.26. The van der Waals surface area contributed by atoms with Crippen molar-refractivity contribution in [1.82, 2.24) is 0 Å². The van der Waals surface area contributed by atoms with E-state index in [2.05, 4.69) is 27.4 Å². The van der Waals surface area contributed by atoms with Crippen LogP contribution in [-0.4, -0.2) is 22.9 Å². The Morgan fingerprint density at radius 1 is 1.35 bits per heavy atom. The molecule has 2 aliphatic heterocycles. The minimum atomic E-state index is -0.329. The first-order valence-electron chi connectivity index (χ1n) is 6.88. The molecule has 2 saturated heterocycles. The van der Waals surface area contributed by atoms with E-state index in [9.17, 15) is 5.11 Å². The topological polar surface area (TPSA) is 29.5 Å². The Morgan fingerprint density at radius 2 is 2.06 bits per heavy atom. The maximum Gasteiger partial charge on any atom is 0.0921 e. The molecule has 2 bridgehead atoms. The second kappa shape index (κ2) is 3.36. The van der Waals surface area contributed by atoms with Gasteiger partial charge in [-0.25, -0.2) is 0 Å². The van der Waals surface area contributed by atoms with E-state index in [1.807, 2.05) is 0 Å². The Morgan fingerprint density at radius 3 is 2.71 bits per heavy atom. The van der Waals surface area contributed by atoms with E-state index in [4.69, 9.17) is 4.74 Å². The zero-order chi connectivity index (χ0) is 12.4. The maximum absolute atomic E-state index is 10.2. The summed E-state index contributed by atoms with van der Waals surface area (Å²) in [7, 11) is 0. The highest BCUT2D eigenvalue weighted by molar-refractivity contribution is 5.21. The summed E-state index contributed by atoms with van der Waals surface area (Å²) in [6, 6.07) is 0. The van der Waals surface area contributed by atoms with Gasteiger partial charge < -0.3 is 9.84 Å². The Bertz CT molecular complexity index is 356. The lowest BCUT2D eigenvalue weighted by atomic mass is 9.51. The van der Waals surface area contributed by atoms with Crippen molar-refractivity contribution >= 4 is 0 Å². The van der Waals surface area contributed by atoms with Crippen LogP contribution in [0.3, 0.4) is 0 Å². The molecule has 0 spiro atoms. The van der Waals surface area contributed by atoms with Crippen LogP contribution in [0.1, 0.15) is 46.5 Å². The smallest absolute Gasteiger partial charge is 0.0921 e. The summed E-state index contributed by atoms with van der Waals surface area (Å²) in [5.74, 6) is 1.37. The van der Waals surface area contributed by atoms with Crippen molar-refractivity contribution in [3.63, 3.8) is 0 Å². The highest BCUT2D eigenvalue weighted by Gasteiger charge is 2.55. The van der Waals surface area contributed by atoms with Gasteiger partial charge >= 0.3 is 0 Å². The Kier molecular flexibility index (Phi) is 2.32. The summed E-state index contributed by atoms with van der Waals surface area (Å²) in [5, 5.41) is 10.2. The van der Waals surface area contributed by atoms with E-state index in [0.29, 0.717) is 11.3 Å². The fourth-order valence-electron chi connectivity index (χ4n) is 4.26. The van der Waals surface area contributed by atoms with Gasteiger partial charge in [-0.2, -0.15) is 0 Å². The van der Waals surface area contributed by atoms with Crippen molar-refractivity contribution in [1.29, 1.82) is 0 Å². The molecule has 0 amide bonds. The van der Waals surface area contributed by atoms with Gasteiger partial charge in [0.2, 0.25) is 0 Å². The molecule has 5 atom stereocenters. The lowest BCUT2D eigenvalue weighted by molar-refractivity contribution is -0.106. The second-order valence-corrected chi connectivity index (χ2v) is 7.19. The van der Waals surface area contributed by atoms with E-state index >= 15 is 0 Å². The summed E-state index contributed by atoms with van der Waals surface area (Å²) in [4.78, 5) is 0. The molecule has 3 aliphatic rings. The van der Waals surface area contributed by atoms with Crippen molar-refractivity contribution < 1.29 is 9.84 Å². The Hall–Kier alpha value is -0.340. The van der Waals surface area contributed by atoms with Crippen LogP contribution in [0, 0.1) is 17.3 Å². The first-order valence-corrected chi connectivity index (χ1v) is 6.88. The van der Waals surface area contributed by atoms with E-state index in [1.165, 1.54) is 12.0 Å². The van der Waals surface area contributed by atoms with Gasteiger partial charge in [-0.3, -0.25) is 0 Å². The maximum atomic E-state index is 10.2. The van der Waals surface area contributed by atoms with Crippen molar-refractivity contribution in [2.24, 2.45) is 17.3 Å². The average Bonchev–Trinajstić information content (AvgIpc) is 2.51. The molecule has 0 aromatic rings. The summed E-state index contributed by atoms with van der Waals surface area (Å²) in [6.07, 6.45) is 3.92. The predicted molar refractivity (Wildman–Crippen MR) is 67.7 cm³/mol. The van der Waals surface area contributed by atoms with E-state index in [0.717, 1.165) is 25.2 Å². The molecule has 2 nitrogen and oxygen atoms in total. The van der Waals surface area contributed by atoms with Crippen LogP contribution in [-0.2, 0) is 4.74 Å². The van der Waals surface area contributed by atoms with Gasteiger partial charge in [-0.15, -0.1) is 0 Å². The van der Waals surface area contributed by atoms with Crippen LogP contribution >= 0.6 is 0 Å². The molecular weight excluding hydrogens is 212 g/mol. The van der Waals surface area contributed by atoms with Gasteiger partial charge in [0.15, 0.2) is 0 Å². The normalized spacial score (nSPS) is 52.4. The zero-order valence-corrected chi connectivity index (χ0v) is 11.2. The number of aliphatic hydroxyl groups excluding tert-OH is 1. The number of rotatable bonds is 0. The minimum absolute atomic E-state index is 0.0962. The molecule has 2 heterocycles. The molecule has 1 N–H and O–H groups in total. The molecule has 3 fully saturated rings. The minimum Gasteiger partial charge on any atom is -0.390 e. The molecule has 0 aromatic carbocycles. The van der Waals surface area contributed by atoms with E-state index in [-0.39, 0.29) is 17.8 Å². The number of aliphatic hydroxyl groups is 1. The van der Waals surface area contributed by atoms with Gasteiger partial charge in [-0.05, 0) is 49.0 Å². The highest BCUT2D eigenvalue weighted by atomic mass is 16.5. The predicted octanol–water partition coefficient (Wildman–Crippen LogP) is 2.91. The highest BCUT2D eigenvalue weighted by Crippen LogP contribution is 2.59. The zero-order valence-electron chi connectivity index (χ0n) is 11.2. The van der Waals surface area contributed by atoms with Crippen LogP contribution in [0.4, 0.5) is 0 Å². The van der Waals surface area contributed by atoms with Crippen molar-refractivity contribution in [3.05, 3.63) is 12.2 Å². The number of hydrogen-bond acceptors (Lipinski definition) is 2. The van der Waals surface area contributed by atoms with E-state index in [1.54, 1.807) is 0 Å². The van der Waals surface area contributed by atoms with Crippen LogP contribution in [0.25, 0.3) is 0 Å². The van der Waals surface area contributed by atoms with Gasteiger partial charge in [0.05, 0.1) is 17.8 Å². The van der Waals surface area contributed by atoms with Gasteiger partial charge in [-0.1, -0.05) is 20.4 Å². The number of ether oxygens (including phenoxy) is 1. The third-order valence-corrected chi connectivity index (χ3v) is 5.63. The van der Waals surface area contributed by atoms with Crippen molar-refractivity contribution in [2.45, 2.75) is 64.3 Å². The first kappa shape index (κ1) is 11.7. The lowest BCUT2D eigenvalue weighted by Gasteiger charge is -2.55. The van der Waals surface area contributed by atoms with Crippen LogP contribution in [0.2, 0.25) is 0 Å². The molecule has 0 unspecified atom stereocenters. The van der Waals surface area contributed by atoms with E-state index < -0.39 is 0 Å². The molecule has 17 heavy (non-hydrogen) atoms. The van der Waals surface area contributed by atoms with Crippen LogP contribution in [0.15, 0.2) is 12.2 Å². The summed E-state index contributed by atoms with van der Waals surface area (Å²) in [5.41, 5.74) is 1.37. The largest absolute Gasteiger partial charge is 0.390 e. The van der Waals surface area contributed by atoms with Gasteiger partial charge in [0.25, 0.3) is 0 Å². The molecule has 0 radical (unpaired) electrons. The third kappa shape index (κ3) is 1.53.